The lowest BCUT2D eigenvalue weighted by molar-refractivity contribution is -0.127. The third kappa shape index (κ3) is 4.55. The van der Waals surface area contributed by atoms with Gasteiger partial charge in [0.15, 0.2) is 0 Å². The smallest absolute Gasteiger partial charge is 0.232 e. The van der Waals surface area contributed by atoms with Crippen molar-refractivity contribution in [2.75, 3.05) is 26.0 Å². The van der Waals surface area contributed by atoms with E-state index in [1.54, 1.807) is 7.05 Å². The summed E-state index contributed by atoms with van der Waals surface area (Å²) in [6.07, 6.45) is 0. The van der Waals surface area contributed by atoms with Gasteiger partial charge in [0, 0.05) is 23.0 Å². The van der Waals surface area contributed by atoms with E-state index < -0.39 is 0 Å². The molecule has 0 bridgehead atoms. The SMILES string of the molecule is CN(CCO)C(=O)CSc1cccc(Br)c1. The van der Waals surface area contributed by atoms with Crippen LogP contribution in [0.2, 0.25) is 0 Å². The molecule has 0 aliphatic rings. The number of hydrogen-bond donors (Lipinski definition) is 1. The molecular weight excluding hydrogens is 290 g/mol. The molecule has 0 heterocycles. The van der Waals surface area contributed by atoms with Gasteiger partial charge in [-0.25, -0.2) is 0 Å². The molecule has 3 nitrogen and oxygen atoms in total. The summed E-state index contributed by atoms with van der Waals surface area (Å²) in [5, 5.41) is 8.70. The zero-order valence-electron chi connectivity index (χ0n) is 9.02. The van der Waals surface area contributed by atoms with Crippen molar-refractivity contribution in [1.29, 1.82) is 0 Å². The summed E-state index contributed by atoms with van der Waals surface area (Å²) in [5.74, 6) is 0.423. The van der Waals surface area contributed by atoms with Gasteiger partial charge in [0.05, 0.1) is 12.4 Å². The second kappa shape index (κ2) is 6.93. The minimum Gasteiger partial charge on any atom is -0.395 e. The second-order valence-corrected chi connectivity index (χ2v) is 5.25. The Morgan fingerprint density at radius 1 is 1.56 bits per heavy atom. The minimum absolute atomic E-state index is 0.00376. The van der Waals surface area contributed by atoms with Crippen LogP contribution in [0.1, 0.15) is 0 Å². The number of carbonyl (C=O) groups excluding carboxylic acids is 1. The molecule has 0 unspecified atom stereocenters. The molecule has 1 rings (SSSR count). The topological polar surface area (TPSA) is 40.5 Å². The molecule has 1 aromatic rings. The first kappa shape index (κ1) is 13.5. The maximum atomic E-state index is 11.6. The molecule has 1 amide bonds. The molecule has 0 fully saturated rings. The Morgan fingerprint density at radius 3 is 2.94 bits per heavy atom. The molecule has 5 heteroatoms. The standard InChI is InChI=1S/C11H14BrNO2S/c1-13(5-6-14)11(15)8-16-10-4-2-3-9(12)7-10/h2-4,7,14H,5-6,8H2,1H3. The van der Waals surface area contributed by atoms with E-state index in [0.29, 0.717) is 12.3 Å². The van der Waals surface area contributed by atoms with E-state index in [-0.39, 0.29) is 12.5 Å². The van der Waals surface area contributed by atoms with E-state index in [1.807, 2.05) is 24.3 Å². The van der Waals surface area contributed by atoms with Gasteiger partial charge < -0.3 is 10.0 Å². The first-order chi connectivity index (χ1) is 7.63. The Morgan fingerprint density at radius 2 is 2.31 bits per heavy atom. The van der Waals surface area contributed by atoms with E-state index in [9.17, 15) is 4.79 Å². The number of benzene rings is 1. The molecule has 0 radical (unpaired) electrons. The van der Waals surface area contributed by atoms with Crippen molar-refractivity contribution in [2.24, 2.45) is 0 Å². The third-order valence-electron chi connectivity index (χ3n) is 2.02. The van der Waals surface area contributed by atoms with Gasteiger partial charge in [-0.1, -0.05) is 22.0 Å². The van der Waals surface area contributed by atoms with E-state index in [1.165, 1.54) is 16.7 Å². The van der Waals surface area contributed by atoms with Crippen LogP contribution in [0, 0.1) is 0 Å². The molecule has 0 aromatic heterocycles. The van der Waals surface area contributed by atoms with Crippen molar-refractivity contribution in [1.82, 2.24) is 4.90 Å². The largest absolute Gasteiger partial charge is 0.395 e. The summed E-state index contributed by atoms with van der Waals surface area (Å²) in [4.78, 5) is 14.2. The number of rotatable bonds is 5. The van der Waals surface area contributed by atoms with Crippen molar-refractivity contribution in [3.8, 4) is 0 Å². The van der Waals surface area contributed by atoms with Gasteiger partial charge in [0.1, 0.15) is 0 Å². The number of likely N-dealkylation sites (N-methyl/N-ethyl adjacent to an activating group) is 1. The van der Waals surface area contributed by atoms with Crippen molar-refractivity contribution >= 4 is 33.6 Å². The number of aliphatic hydroxyl groups is 1. The highest BCUT2D eigenvalue weighted by molar-refractivity contribution is 9.10. The summed E-state index contributed by atoms with van der Waals surface area (Å²) in [7, 11) is 1.69. The fourth-order valence-corrected chi connectivity index (χ4v) is 2.53. The van der Waals surface area contributed by atoms with Crippen molar-refractivity contribution in [2.45, 2.75) is 4.90 Å². The van der Waals surface area contributed by atoms with Crippen molar-refractivity contribution in [3.05, 3.63) is 28.7 Å². The maximum absolute atomic E-state index is 11.6. The molecule has 0 aliphatic heterocycles. The van der Waals surface area contributed by atoms with E-state index >= 15 is 0 Å². The molecule has 16 heavy (non-hydrogen) atoms. The number of halogens is 1. The van der Waals surface area contributed by atoms with Gasteiger partial charge >= 0.3 is 0 Å². The lowest BCUT2D eigenvalue weighted by Crippen LogP contribution is -2.30. The number of thioether (sulfide) groups is 1. The average molecular weight is 304 g/mol. The van der Waals surface area contributed by atoms with Gasteiger partial charge in [-0.3, -0.25) is 4.79 Å². The van der Waals surface area contributed by atoms with E-state index in [2.05, 4.69) is 15.9 Å². The summed E-state index contributed by atoms with van der Waals surface area (Å²) < 4.78 is 1.01. The Labute approximate surface area is 108 Å². The van der Waals surface area contributed by atoms with Gasteiger partial charge in [0.2, 0.25) is 5.91 Å². The fraction of sp³-hybridized carbons (Fsp3) is 0.364. The Balaban J connectivity index is 2.42. The van der Waals surface area contributed by atoms with Crippen molar-refractivity contribution in [3.63, 3.8) is 0 Å². The van der Waals surface area contributed by atoms with Crippen molar-refractivity contribution < 1.29 is 9.90 Å². The maximum Gasteiger partial charge on any atom is 0.232 e. The van der Waals surface area contributed by atoms with Crippen LogP contribution < -0.4 is 0 Å². The third-order valence-corrected chi connectivity index (χ3v) is 3.49. The quantitative estimate of drug-likeness (QED) is 0.846. The number of hydrogen-bond acceptors (Lipinski definition) is 3. The van der Waals surface area contributed by atoms with Gasteiger partial charge in [-0.15, -0.1) is 11.8 Å². The first-order valence-corrected chi connectivity index (χ1v) is 6.64. The van der Waals surface area contributed by atoms with Gasteiger partial charge in [0.25, 0.3) is 0 Å². The lowest BCUT2D eigenvalue weighted by atomic mass is 10.4. The molecule has 88 valence electrons. The normalized spacial score (nSPS) is 10.2. The number of nitrogens with zero attached hydrogens (tertiary/aromatic N) is 1. The highest BCUT2D eigenvalue weighted by Gasteiger charge is 2.08. The zero-order valence-corrected chi connectivity index (χ0v) is 11.4. The summed E-state index contributed by atoms with van der Waals surface area (Å²) >= 11 is 4.88. The summed E-state index contributed by atoms with van der Waals surface area (Å²) in [6.45, 7) is 0.391. The molecule has 1 aromatic carbocycles. The second-order valence-electron chi connectivity index (χ2n) is 3.28. The monoisotopic (exact) mass is 303 g/mol. The average Bonchev–Trinajstić information content (AvgIpc) is 2.26. The Bertz CT molecular complexity index is 360. The molecule has 0 spiro atoms. The number of aliphatic hydroxyl groups excluding tert-OH is 1. The van der Waals surface area contributed by atoms with Crippen LogP contribution in [-0.2, 0) is 4.79 Å². The van der Waals surface area contributed by atoms with Gasteiger partial charge in [-0.2, -0.15) is 0 Å². The van der Waals surface area contributed by atoms with Crippen LogP contribution in [0.4, 0.5) is 0 Å². The highest BCUT2D eigenvalue weighted by Crippen LogP contribution is 2.21. The van der Waals surface area contributed by atoms with Crippen LogP contribution in [0.25, 0.3) is 0 Å². The molecule has 0 atom stereocenters. The van der Waals surface area contributed by atoms with Crippen LogP contribution >= 0.6 is 27.7 Å². The molecule has 1 N–H and O–H groups in total. The number of amides is 1. The van der Waals surface area contributed by atoms with E-state index in [0.717, 1.165) is 9.37 Å². The number of carbonyl (C=O) groups is 1. The summed E-state index contributed by atoms with van der Waals surface area (Å²) in [5.41, 5.74) is 0. The van der Waals surface area contributed by atoms with E-state index in [4.69, 9.17) is 5.11 Å². The molecular formula is C11H14BrNO2S. The molecule has 0 aliphatic carbocycles. The van der Waals surface area contributed by atoms with Gasteiger partial charge in [-0.05, 0) is 18.2 Å². The minimum atomic E-state index is 0.00376. The predicted molar refractivity (Wildman–Crippen MR) is 69.6 cm³/mol. The molecule has 0 saturated heterocycles. The Kier molecular flexibility index (Phi) is 5.87. The predicted octanol–water partition coefficient (Wildman–Crippen LogP) is 1.99. The first-order valence-electron chi connectivity index (χ1n) is 4.86. The molecule has 0 saturated carbocycles. The fourth-order valence-electron chi connectivity index (χ4n) is 1.09. The zero-order chi connectivity index (χ0) is 12.0. The van der Waals surface area contributed by atoms with Crippen LogP contribution in [0.15, 0.2) is 33.6 Å². The summed E-state index contributed by atoms with van der Waals surface area (Å²) in [6, 6.07) is 7.83. The van der Waals surface area contributed by atoms with Crippen LogP contribution in [-0.4, -0.2) is 41.9 Å². The Hall–Kier alpha value is -0.520. The van der Waals surface area contributed by atoms with Crippen LogP contribution in [0.5, 0.6) is 0 Å². The lowest BCUT2D eigenvalue weighted by Gasteiger charge is -2.15. The van der Waals surface area contributed by atoms with Crippen LogP contribution in [0.3, 0.4) is 0 Å². The highest BCUT2D eigenvalue weighted by atomic mass is 79.9.